The minimum atomic E-state index is 0.658. The maximum Gasteiger partial charge on any atom is 0.122 e. The average Bonchev–Trinajstić information content (AvgIpc) is 2.39. The zero-order chi connectivity index (χ0) is 10.8. The molecule has 16 heavy (non-hydrogen) atoms. The molecule has 0 aliphatic carbocycles. The van der Waals surface area contributed by atoms with Crippen LogP contribution in [0.15, 0.2) is 24.3 Å². The Morgan fingerprint density at radius 2 is 2.06 bits per heavy atom. The Morgan fingerprint density at radius 3 is 2.94 bits per heavy atom. The lowest BCUT2D eigenvalue weighted by Crippen LogP contribution is -2.40. The minimum Gasteiger partial charge on any atom is -0.493 e. The molecule has 2 heteroatoms. The second-order valence-electron chi connectivity index (χ2n) is 4.84. The number of hydrogen-bond donors (Lipinski definition) is 1. The lowest BCUT2D eigenvalue weighted by atomic mass is 9.83. The van der Waals surface area contributed by atoms with E-state index in [9.17, 15) is 0 Å². The summed E-state index contributed by atoms with van der Waals surface area (Å²) >= 11 is 0. The first kappa shape index (κ1) is 10.2. The fourth-order valence-corrected chi connectivity index (χ4v) is 3.01. The van der Waals surface area contributed by atoms with Crippen molar-refractivity contribution in [3.63, 3.8) is 0 Å². The molecule has 2 aliphatic rings. The van der Waals surface area contributed by atoms with Crippen molar-refractivity contribution in [2.75, 3.05) is 13.2 Å². The molecular formula is C14H19NO. The molecule has 2 atom stereocenters. The quantitative estimate of drug-likeness (QED) is 0.781. The highest BCUT2D eigenvalue weighted by molar-refractivity contribution is 5.38. The third-order valence-corrected chi connectivity index (χ3v) is 3.84. The molecule has 1 saturated heterocycles. The predicted octanol–water partition coefficient (Wildman–Crippen LogP) is 2.69. The van der Waals surface area contributed by atoms with Gasteiger partial charge in [0, 0.05) is 12.0 Å². The van der Waals surface area contributed by atoms with E-state index in [1.807, 2.05) is 0 Å². The molecule has 0 aromatic heterocycles. The first-order valence-electron chi connectivity index (χ1n) is 6.40. The fourth-order valence-electron chi connectivity index (χ4n) is 3.01. The summed E-state index contributed by atoms with van der Waals surface area (Å²) in [6, 6.07) is 9.19. The van der Waals surface area contributed by atoms with E-state index in [2.05, 4.69) is 29.6 Å². The molecule has 1 aromatic rings. The third kappa shape index (κ3) is 1.82. The van der Waals surface area contributed by atoms with Crippen LogP contribution in [-0.4, -0.2) is 19.2 Å². The largest absolute Gasteiger partial charge is 0.493 e. The lowest BCUT2D eigenvalue weighted by Gasteiger charge is -2.35. The summed E-state index contributed by atoms with van der Waals surface area (Å²) in [5, 5.41) is 3.67. The van der Waals surface area contributed by atoms with E-state index in [0.29, 0.717) is 12.0 Å². The summed E-state index contributed by atoms with van der Waals surface area (Å²) in [6.07, 6.45) is 5.19. The van der Waals surface area contributed by atoms with Crippen molar-refractivity contribution >= 4 is 0 Å². The van der Waals surface area contributed by atoms with E-state index < -0.39 is 0 Å². The van der Waals surface area contributed by atoms with E-state index in [0.717, 1.165) is 18.8 Å². The van der Waals surface area contributed by atoms with E-state index in [1.54, 1.807) is 0 Å². The van der Waals surface area contributed by atoms with Gasteiger partial charge in [-0.1, -0.05) is 24.6 Å². The van der Waals surface area contributed by atoms with Gasteiger partial charge in [0.15, 0.2) is 0 Å². The number of para-hydroxylation sites is 1. The summed E-state index contributed by atoms with van der Waals surface area (Å²) in [7, 11) is 0. The molecule has 86 valence electrons. The fraction of sp³-hybridized carbons (Fsp3) is 0.571. The summed E-state index contributed by atoms with van der Waals surface area (Å²) in [4.78, 5) is 0. The zero-order valence-electron chi connectivity index (χ0n) is 9.61. The number of fused-ring (bicyclic) bond motifs is 1. The molecule has 0 saturated carbocycles. The van der Waals surface area contributed by atoms with Gasteiger partial charge in [-0.25, -0.2) is 0 Å². The van der Waals surface area contributed by atoms with Crippen LogP contribution in [0.3, 0.4) is 0 Å². The molecule has 0 radical (unpaired) electrons. The van der Waals surface area contributed by atoms with Crippen LogP contribution in [0.25, 0.3) is 0 Å². The highest BCUT2D eigenvalue weighted by atomic mass is 16.5. The van der Waals surface area contributed by atoms with Crippen molar-refractivity contribution in [3.05, 3.63) is 29.8 Å². The Bertz CT molecular complexity index is 358. The van der Waals surface area contributed by atoms with Crippen LogP contribution in [0.4, 0.5) is 0 Å². The summed E-state index contributed by atoms with van der Waals surface area (Å²) in [5.74, 6) is 1.76. The topological polar surface area (TPSA) is 21.3 Å². The van der Waals surface area contributed by atoms with Gasteiger partial charge in [-0.05, 0) is 37.4 Å². The van der Waals surface area contributed by atoms with Gasteiger partial charge in [0.25, 0.3) is 0 Å². The van der Waals surface area contributed by atoms with Crippen molar-refractivity contribution in [2.24, 2.45) is 0 Å². The summed E-state index contributed by atoms with van der Waals surface area (Å²) in [6.45, 7) is 2.06. The van der Waals surface area contributed by atoms with E-state index >= 15 is 0 Å². The second kappa shape index (κ2) is 4.46. The molecule has 1 fully saturated rings. The highest BCUT2D eigenvalue weighted by Gasteiger charge is 2.29. The van der Waals surface area contributed by atoms with Gasteiger partial charge in [0.1, 0.15) is 5.75 Å². The van der Waals surface area contributed by atoms with Crippen LogP contribution in [0.5, 0.6) is 5.75 Å². The molecule has 0 amide bonds. The molecule has 1 N–H and O–H groups in total. The lowest BCUT2D eigenvalue weighted by molar-refractivity contribution is 0.232. The van der Waals surface area contributed by atoms with Crippen molar-refractivity contribution in [3.8, 4) is 5.75 Å². The van der Waals surface area contributed by atoms with Crippen LogP contribution in [0.1, 0.15) is 37.2 Å². The van der Waals surface area contributed by atoms with Crippen molar-refractivity contribution in [2.45, 2.75) is 37.6 Å². The molecule has 2 aliphatic heterocycles. The Morgan fingerprint density at radius 1 is 1.12 bits per heavy atom. The van der Waals surface area contributed by atoms with Gasteiger partial charge < -0.3 is 10.1 Å². The zero-order valence-corrected chi connectivity index (χ0v) is 9.61. The molecule has 1 aromatic carbocycles. The van der Waals surface area contributed by atoms with Crippen molar-refractivity contribution in [1.29, 1.82) is 0 Å². The standard InChI is InChI=1S/C14H19NO/c1-2-7-14-12(5-1)11(8-10-16-14)13-6-3-4-9-15-13/h1-2,5,7,11,13,15H,3-4,6,8-10H2. The minimum absolute atomic E-state index is 0.658. The number of hydrogen-bond acceptors (Lipinski definition) is 2. The number of benzene rings is 1. The van der Waals surface area contributed by atoms with E-state index in [1.165, 1.54) is 31.4 Å². The Kier molecular flexibility index (Phi) is 2.83. The summed E-state index contributed by atoms with van der Waals surface area (Å²) in [5.41, 5.74) is 1.41. The molecular weight excluding hydrogens is 198 g/mol. The number of piperidine rings is 1. The maximum atomic E-state index is 5.72. The summed E-state index contributed by atoms with van der Waals surface area (Å²) < 4.78 is 5.72. The molecule has 2 unspecified atom stereocenters. The Hall–Kier alpha value is -1.02. The van der Waals surface area contributed by atoms with Gasteiger partial charge in [0.2, 0.25) is 0 Å². The average molecular weight is 217 g/mol. The SMILES string of the molecule is c1ccc2c(c1)OCCC2C1CCCCN1. The highest BCUT2D eigenvalue weighted by Crippen LogP contribution is 2.37. The van der Waals surface area contributed by atoms with Gasteiger partial charge in [-0.3, -0.25) is 0 Å². The molecule has 0 bridgehead atoms. The van der Waals surface area contributed by atoms with Crippen LogP contribution >= 0.6 is 0 Å². The monoisotopic (exact) mass is 217 g/mol. The molecule has 3 rings (SSSR count). The Labute approximate surface area is 97.0 Å². The van der Waals surface area contributed by atoms with Gasteiger partial charge in [-0.2, -0.15) is 0 Å². The van der Waals surface area contributed by atoms with Gasteiger partial charge in [0.05, 0.1) is 6.61 Å². The third-order valence-electron chi connectivity index (χ3n) is 3.84. The van der Waals surface area contributed by atoms with Crippen LogP contribution in [0, 0.1) is 0 Å². The second-order valence-corrected chi connectivity index (χ2v) is 4.84. The van der Waals surface area contributed by atoms with Crippen LogP contribution in [0.2, 0.25) is 0 Å². The first-order valence-corrected chi connectivity index (χ1v) is 6.40. The Balaban J connectivity index is 1.86. The number of rotatable bonds is 1. The predicted molar refractivity (Wildman–Crippen MR) is 64.9 cm³/mol. The van der Waals surface area contributed by atoms with Crippen molar-refractivity contribution in [1.82, 2.24) is 5.32 Å². The smallest absolute Gasteiger partial charge is 0.122 e. The van der Waals surface area contributed by atoms with Gasteiger partial charge >= 0.3 is 0 Å². The molecule has 2 heterocycles. The van der Waals surface area contributed by atoms with Crippen LogP contribution in [-0.2, 0) is 0 Å². The van der Waals surface area contributed by atoms with Crippen molar-refractivity contribution < 1.29 is 4.74 Å². The normalized spacial score (nSPS) is 29.2. The van der Waals surface area contributed by atoms with E-state index in [4.69, 9.17) is 4.74 Å². The van der Waals surface area contributed by atoms with Gasteiger partial charge in [-0.15, -0.1) is 0 Å². The van der Waals surface area contributed by atoms with E-state index in [-0.39, 0.29) is 0 Å². The maximum absolute atomic E-state index is 5.72. The number of nitrogens with one attached hydrogen (secondary N) is 1. The molecule has 0 spiro atoms. The van der Waals surface area contributed by atoms with Crippen LogP contribution < -0.4 is 10.1 Å². The molecule has 2 nitrogen and oxygen atoms in total. The first-order chi connectivity index (χ1) is 7.95. The number of ether oxygens (including phenoxy) is 1.